The van der Waals surface area contributed by atoms with Gasteiger partial charge < -0.3 is 5.32 Å². The van der Waals surface area contributed by atoms with E-state index in [1.165, 1.54) is 0 Å². The van der Waals surface area contributed by atoms with Crippen molar-refractivity contribution < 1.29 is 0 Å². The highest BCUT2D eigenvalue weighted by Crippen LogP contribution is 2.20. The number of rotatable bonds is 4. The maximum absolute atomic E-state index is 6.01. The highest BCUT2D eigenvalue weighted by atomic mass is 79.9. The average molecular weight is 283 g/mol. The van der Waals surface area contributed by atoms with Gasteiger partial charge in [0.25, 0.3) is 0 Å². The zero-order valence-corrected chi connectivity index (χ0v) is 10.1. The van der Waals surface area contributed by atoms with Gasteiger partial charge in [0, 0.05) is 28.5 Å². The predicted molar refractivity (Wildman–Crippen MR) is 61.6 cm³/mol. The lowest BCUT2D eigenvalue weighted by Crippen LogP contribution is -2.15. The van der Waals surface area contributed by atoms with Crippen LogP contribution in [0.5, 0.6) is 0 Å². The van der Waals surface area contributed by atoms with Crippen LogP contribution >= 0.6 is 39.1 Å². The molecule has 0 radical (unpaired) electrons. The standard InChI is InChI=1S/C9H10BrCl2N/c10-8-2-1-7(9(12)5-8)6-13-4-3-11/h1-2,5,13H,3-4,6H2. The first-order valence-corrected chi connectivity index (χ1v) is 5.65. The Hall–Kier alpha value is 0.240. The van der Waals surface area contributed by atoms with Crippen LogP contribution in [0.15, 0.2) is 22.7 Å². The molecule has 0 bridgehead atoms. The van der Waals surface area contributed by atoms with E-state index in [1.54, 1.807) is 0 Å². The molecule has 0 atom stereocenters. The fourth-order valence-electron chi connectivity index (χ4n) is 0.955. The van der Waals surface area contributed by atoms with E-state index in [0.717, 1.165) is 28.1 Å². The molecule has 4 heteroatoms. The van der Waals surface area contributed by atoms with Gasteiger partial charge in [0.1, 0.15) is 0 Å². The van der Waals surface area contributed by atoms with Crippen molar-refractivity contribution in [2.75, 3.05) is 12.4 Å². The van der Waals surface area contributed by atoms with E-state index in [9.17, 15) is 0 Å². The van der Waals surface area contributed by atoms with Crippen molar-refractivity contribution >= 4 is 39.1 Å². The number of benzene rings is 1. The van der Waals surface area contributed by atoms with Crippen LogP contribution in [0.2, 0.25) is 5.02 Å². The summed E-state index contributed by atoms with van der Waals surface area (Å²) in [5.74, 6) is 0.619. The van der Waals surface area contributed by atoms with E-state index in [0.29, 0.717) is 5.88 Å². The Bertz CT molecular complexity index is 278. The van der Waals surface area contributed by atoms with Crippen LogP contribution in [0.4, 0.5) is 0 Å². The molecular weight excluding hydrogens is 273 g/mol. The SMILES string of the molecule is ClCCNCc1ccc(Br)cc1Cl. The van der Waals surface area contributed by atoms with Gasteiger partial charge in [-0.3, -0.25) is 0 Å². The Kier molecular flexibility index (Phi) is 5.10. The summed E-state index contributed by atoms with van der Waals surface area (Å²) < 4.78 is 0.999. The summed E-state index contributed by atoms with van der Waals surface area (Å²) in [6.45, 7) is 1.56. The maximum atomic E-state index is 6.01. The minimum absolute atomic E-state index is 0.619. The van der Waals surface area contributed by atoms with E-state index >= 15 is 0 Å². The summed E-state index contributed by atoms with van der Waals surface area (Å²) in [5.41, 5.74) is 1.09. The van der Waals surface area contributed by atoms with Crippen molar-refractivity contribution in [1.82, 2.24) is 5.32 Å². The van der Waals surface area contributed by atoms with Gasteiger partial charge in [0.15, 0.2) is 0 Å². The Morgan fingerprint density at radius 1 is 1.38 bits per heavy atom. The van der Waals surface area contributed by atoms with E-state index in [-0.39, 0.29) is 0 Å². The molecule has 0 heterocycles. The van der Waals surface area contributed by atoms with E-state index in [4.69, 9.17) is 23.2 Å². The van der Waals surface area contributed by atoms with E-state index < -0.39 is 0 Å². The minimum atomic E-state index is 0.619. The summed E-state index contributed by atoms with van der Waals surface area (Å²) in [5, 5.41) is 3.95. The van der Waals surface area contributed by atoms with Gasteiger partial charge in [0.2, 0.25) is 0 Å². The third-order valence-electron chi connectivity index (χ3n) is 1.60. The lowest BCUT2D eigenvalue weighted by atomic mass is 10.2. The molecule has 0 fully saturated rings. The molecule has 0 aliphatic heterocycles. The molecule has 0 amide bonds. The van der Waals surface area contributed by atoms with Crippen LogP contribution in [0.3, 0.4) is 0 Å². The molecular formula is C9H10BrCl2N. The van der Waals surface area contributed by atoms with Gasteiger partial charge in [-0.25, -0.2) is 0 Å². The normalized spacial score (nSPS) is 10.4. The van der Waals surface area contributed by atoms with Crippen molar-refractivity contribution in [3.05, 3.63) is 33.3 Å². The molecule has 72 valence electrons. The summed E-state index contributed by atoms with van der Waals surface area (Å²) in [7, 11) is 0. The van der Waals surface area contributed by atoms with Crippen molar-refractivity contribution in [3.63, 3.8) is 0 Å². The zero-order chi connectivity index (χ0) is 9.68. The highest BCUT2D eigenvalue weighted by Gasteiger charge is 1.99. The second-order valence-corrected chi connectivity index (χ2v) is 4.30. The summed E-state index contributed by atoms with van der Waals surface area (Å²) in [4.78, 5) is 0. The second kappa shape index (κ2) is 5.86. The second-order valence-electron chi connectivity index (χ2n) is 2.60. The molecule has 0 saturated carbocycles. The molecule has 1 rings (SSSR count). The number of hydrogen-bond acceptors (Lipinski definition) is 1. The Morgan fingerprint density at radius 3 is 2.77 bits per heavy atom. The van der Waals surface area contributed by atoms with Gasteiger partial charge >= 0.3 is 0 Å². The monoisotopic (exact) mass is 281 g/mol. The van der Waals surface area contributed by atoms with Crippen LogP contribution in [0.25, 0.3) is 0 Å². The quantitative estimate of drug-likeness (QED) is 0.659. The zero-order valence-electron chi connectivity index (χ0n) is 6.99. The smallest absolute Gasteiger partial charge is 0.0462 e. The minimum Gasteiger partial charge on any atom is -0.311 e. The molecule has 1 N–H and O–H groups in total. The summed E-state index contributed by atoms with van der Waals surface area (Å²) in [6.07, 6.45) is 0. The van der Waals surface area contributed by atoms with Crippen LogP contribution in [0.1, 0.15) is 5.56 Å². The molecule has 1 aromatic rings. The third-order valence-corrected chi connectivity index (χ3v) is 2.64. The molecule has 0 unspecified atom stereocenters. The van der Waals surface area contributed by atoms with Crippen LogP contribution in [0, 0.1) is 0 Å². The van der Waals surface area contributed by atoms with Crippen LogP contribution < -0.4 is 5.32 Å². The Morgan fingerprint density at radius 2 is 2.15 bits per heavy atom. The number of halogens is 3. The molecule has 0 aromatic heterocycles. The first kappa shape index (κ1) is 11.3. The van der Waals surface area contributed by atoms with E-state index in [2.05, 4.69) is 21.2 Å². The molecule has 0 aliphatic carbocycles. The van der Waals surface area contributed by atoms with E-state index in [1.807, 2.05) is 18.2 Å². The van der Waals surface area contributed by atoms with Crippen LogP contribution in [-0.4, -0.2) is 12.4 Å². The highest BCUT2D eigenvalue weighted by molar-refractivity contribution is 9.10. The number of alkyl halides is 1. The van der Waals surface area contributed by atoms with Gasteiger partial charge in [0.05, 0.1) is 0 Å². The topological polar surface area (TPSA) is 12.0 Å². The Labute approximate surface area is 96.6 Å². The van der Waals surface area contributed by atoms with Gasteiger partial charge in [-0.15, -0.1) is 11.6 Å². The lowest BCUT2D eigenvalue weighted by Gasteiger charge is -2.05. The summed E-state index contributed by atoms with van der Waals surface area (Å²) in [6, 6.07) is 5.86. The number of hydrogen-bond donors (Lipinski definition) is 1. The molecule has 0 spiro atoms. The first-order valence-electron chi connectivity index (χ1n) is 3.94. The molecule has 1 nitrogen and oxygen atoms in total. The average Bonchev–Trinajstić information content (AvgIpc) is 2.09. The van der Waals surface area contributed by atoms with Crippen LogP contribution in [-0.2, 0) is 6.54 Å². The maximum Gasteiger partial charge on any atom is 0.0462 e. The van der Waals surface area contributed by atoms with Crippen molar-refractivity contribution in [2.45, 2.75) is 6.54 Å². The van der Waals surface area contributed by atoms with Gasteiger partial charge in [-0.1, -0.05) is 33.6 Å². The van der Waals surface area contributed by atoms with Gasteiger partial charge in [-0.05, 0) is 17.7 Å². The Balaban J connectivity index is 2.56. The fraction of sp³-hybridized carbons (Fsp3) is 0.333. The first-order chi connectivity index (χ1) is 6.24. The predicted octanol–water partition coefficient (Wildman–Crippen LogP) is 3.43. The summed E-state index contributed by atoms with van der Waals surface area (Å²) >= 11 is 14.9. The third kappa shape index (κ3) is 3.86. The van der Waals surface area contributed by atoms with Crippen molar-refractivity contribution in [3.8, 4) is 0 Å². The molecule has 0 aliphatic rings. The van der Waals surface area contributed by atoms with Crippen molar-refractivity contribution in [1.29, 1.82) is 0 Å². The largest absolute Gasteiger partial charge is 0.311 e. The number of nitrogens with one attached hydrogen (secondary N) is 1. The lowest BCUT2D eigenvalue weighted by molar-refractivity contribution is 0.730. The molecule has 13 heavy (non-hydrogen) atoms. The fourth-order valence-corrected chi connectivity index (χ4v) is 1.83. The molecule has 0 saturated heterocycles. The molecule has 1 aromatic carbocycles. The van der Waals surface area contributed by atoms with Crippen molar-refractivity contribution in [2.24, 2.45) is 0 Å². The van der Waals surface area contributed by atoms with Gasteiger partial charge in [-0.2, -0.15) is 0 Å².